The summed E-state index contributed by atoms with van der Waals surface area (Å²) in [6, 6.07) is 14.7. The highest BCUT2D eigenvalue weighted by Gasteiger charge is 2.46. The van der Waals surface area contributed by atoms with Crippen LogP contribution in [0.15, 0.2) is 48.5 Å². The van der Waals surface area contributed by atoms with Crippen molar-refractivity contribution in [1.29, 1.82) is 0 Å². The highest BCUT2D eigenvalue weighted by molar-refractivity contribution is 5.99. The van der Waals surface area contributed by atoms with Gasteiger partial charge in [-0.25, -0.2) is 4.79 Å². The first-order valence-electron chi connectivity index (χ1n) is 12.6. The summed E-state index contributed by atoms with van der Waals surface area (Å²) in [5, 5.41) is 18.8. The topological polar surface area (TPSA) is 109 Å². The van der Waals surface area contributed by atoms with Crippen LogP contribution in [0.4, 0.5) is 16.2 Å². The molecule has 4 atom stereocenters. The molecule has 5 rings (SSSR count). The molecule has 8 nitrogen and oxygen atoms in total. The molecule has 186 valence electrons. The maximum Gasteiger partial charge on any atom is 0.323 e. The van der Waals surface area contributed by atoms with Gasteiger partial charge in [0.2, 0.25) is 5.91 Å². The van der Waals surface area contributed by atoms with Crippen molar-refractivity contribution < 1.29 is 24.2 Å². The van der Waals surface area contributed by atoms with Crippen LogP contribution in [-0.4, -0.2) is 48.0 Å². The minimum atomic E-state index is -0.508. The van der Waals surface area contributed by atoms with E-state index in [4.69, 9.17) is 9.47 Å². The number of carbonyl (C=O) groups excluding carboxylic acids is 2. The van der Waals surface area contributed by atoms with E-state index >= 15 is 0 Å². The molecule has 2 aromatic carbocycles. The van der Waals surface area contributed by atoms with Crippen LogP contribution < -0.4 is 20.7 Å². The molecule has 4 N–H and O–H groups in total. The van der Waals surface area contributed by atoms with Gasteiger partial charge in [0.05, 0.1) is 19.1 Å². The van der Waals surface area contributed by atoms with Gasteiger partial charge in [-0.3, -0.25) is 4.79 Å². The number of anilines is 2. The summed E-state index contributed by atoms with van der Waals surface area (Å²) in [5.41, 5.74) is 2.33. The van der Waals surface area contributed by atoms with E-state index in [9.17, 15) is 14.7 Å². The number of benzene rings is 2. The van der Waals surface area contributed by atoms with Crippen LogP contribution in [0, 0.1) is 0 Å². The smallest absolute Gasteiger partial charge is 0.323 e. The number of amides is 3. The predicted octanol–water partition coefficient (Wildman–Crippen LogP) is 4.16. The van der Waals surface area contributed by atoms with Crippen LogP contribution in [0.1, 0.15) is 56.4 Å². The molecule has 8 heteroatoms. The number of nitrogens with one attached hydrogen (secondary N) is 3. The Hall–Kier alpha value is -3.10. The molecule has 1 aliphatic carbocycles. The van der Waals surface area contributed by atoms with Gasteiger partial charge in [0.1, 0.15) is 18.0 Å². The number of hydrogen-bond acceptors (Lipinski definition) is 5. The lowest BCUT2D eigenvalue weighted by Crippen LogP contribution is -2.48. The van der Waals surface area contributed by atoms with Gasteiger partial charge in [-0.15, -0.1) is 0 Å². The van der Waals surface area contributed by atoms with Crippen LogP contribution in [0.3, 0.4) is 0 Å². The van der Waals surface area contributed by atoms with Gasteiger partial charge in [-0.05, 0) is 49.6 Å². The summed E-state index contributed by atoms with van der Waals surface area (Å²) in [5.74, 6) is 0.704. The molecule has 1 saturated carbocycles. The number of rotatable bonds is 6. The van der Waals surface area contributed by atoms with E-state index < -0.39 is 6.10 Å². The first kappa shape index (κ1) is 23.6. The van der Waals surface area contributed by atoms with Gasteiger partial charge < -0.3 is 30.5 Å². The van der Waals surface area contributed by atoms with Gasteiger partial charge >= 0.3 is 6.03 Å². The quantitative estimate of drug-likeness (QED) is 0.497. The lowest BCUT2D eigenvalue weighted by molar-refractivity contribution is -0.142. The van der Waals surface area contributed by atoms with Crippen LogP contribution in [0.2, 0.25) is 0 Å². The third-order valence-corrected chi connectivity index (χ3v) is 7.17. The monoisotopic (exact) mass is 479 g/mol. The molecule has 2 aliphatic heterocycles. The molecule has 2 fully saturated rings. The Morgan fingerprint density at radius 3 is 2.51 bits per heavy atom. The molecular formula is C27H33N3O5. The predicted molar refractivity (Wildman–Crippen MR) is 133 cm³/mol. The molecule has 2 heterocycles. The Kier molecular flexibility index (Phi) is 7.20. The average molecular weight is 480 g/mol. The van der Waals surface area contributed by atoms with Crippen molar-refractivity contribution in [2.45, 2.75) is 75.2 Å². The Morgan fingerprint density at radius 1 is 0.971 bits per heavy atom. The van der Waals surface area contributed by atoms with Crippen molar-refractivity contribution in [2.24, 2.45) is 0 Å². The number of urea groups is 1. The second-order valence-electron chi connectivity index (χ2n) is 9.71. The van der Waals surface area contributed by atoms with Crippen molar-refractivity contribution in [1.82, 2.24) is 5.32 Å². The number of aliphatic hydroxyl groups is 1. The van der Waals surface area contributed by atoms with Crippen LogP contribution in [-0.2, 0) is 9.53 Å². The van der Waals surface area contributed by atoms with Crippen molar-refractivity contribution in [3.8, 4) is 5.75 Å². The molecule has 1 saturated heterocycles. The first-order valence-corrected chi connectivity index (χ1v) is 12.6. The molecule has 0 radical (unpaired) electrons. The Labute approximate surface area is 205 Å². The summed E-state index contributed by atoms with van der Waals surface area (Å²) in [4.78, 5) is 25.1. The van der Waals surface area contributed by atoms with Crippen molar-refractivity contribution >= 4 is 23.3 Å². The fraction of sp³-hybridized carbons (Fsp3) is 0.481. The van der Waals surface area contributed by atoms with E-state index in [1.165, 1.54) is 6.42 Å². The fourth-order valence-corrected chi connectivity index (χ4v) is 5.52. The highest BCUT2D eigenvalue weighted by atomic mass is 16.6. The normalized spacial score (nSPS) is 25.6. The number of ether oxygens (including phenoxy) is 2. The molecule has 0 bridgehead atoms. The standard InChI is InChI=1S/C27H33N3O5/c31-16-24-26-22(14-20(34-24)15-25(32)28-17-7-3-1-4-8-17)21-13-19(11-12-23(21)35-26)30-27(33)29-18-9-5-2-6-10-18/h2,5-6,9-13,17,20,22,24,26,31H,1,3-4,7-8,14-16H2,(H,28,32)(H2,29,30,33)/t20-,22-,24+,26+/m1/s1. The number of carbonyl (C=O) groups is 2. The molecule has 35 heavy (non-hydrogen) atoms. The molecule has 2 aromatic rings. The molecule has 3 amide bonds. The number of para-hydroxylation sites is 1. The SMILES string of the molecule is O=C(C[C@H]1C[C@@H]2c3cc(NC(=O)Nc4ccccc4)ccc3O[C@@H]2[C@H](CO)O1)NC1CCCCC1. The maximum atomic E-state index is 12.7. The van der Waals surface area contributed by atoms with Crippen LogP contribution in [0.5, 0.6) is 5.75 Å². The molecule has 3 aliphatic rings. The van der Waals surface area contributed by atoms with Crippen molar-refractivity contribution in [3.63, 3.8) is 0 Å². The van der Waals surface area contributed by atoms with E-state index in [2.05, 4.69) is 16.0 Å². The van der Waals surface area contributed by atoms with Crippen molar-refractivity contribution in [2.75, 3.05) is 17.2 Å². The van der Waals surface area contributed by atoms with E-state index in [1.807, 2.05) is 42.5 Å². The third-order valence-electron chi connectivity index (χ3n) is 7.17. The zero-order chi connectivity index (χ0) is 24.2. The Bertz CT molecular complexity index is 1040. The maximum absolute atomic E-state index is 12.7. The summed E-state index contributed by atoms with van der Waals surface area (Å²) >= 11 is 0. The molecule has 0 unspecified atom stereocenters. The van der Waals surface area contributed by atoms with Gasteiger partial charge in [0.15, 0.2) is 0 Å². The summed E-state index contributed by atoms with van der Waals surface area (Å²) < 4.78 is 12.2. The average Bonchev–Trinajstić information content (AvgIpc) is 3.22. The number of aliphatic hydroxyl groups excluding tert-OH is 1. The number of fused-ring (bicyclic) bond motifs is 3. The van der Waals surface area contributed by atoms with Gasteiger partial charge in [0, 0.05) is 28.9 Å². The minimum Gasteiger partial charge on any atom is -0.487 e. The van der Waals surface area contributed by atoms with Gasteiger partial charge in [-0.2, -0.15) is 0 Å². The van der Waals surface area contributed by atoms with Crippen molar-refractivity contribution in [3.05, 3.63) is 54.1 Å². The largest absolute Gasteiger partial charge is 0.487 e. The summed E-state index contributed by atoms with van der Waals surface area (Å²) in [7, 11) is 0. The highest BCUT2D eigenvalue weighted by Crippen LogP contribution is 2.47. The molecule has 0 aromatic heterocycles. The molecule has 0 spiro atoms. The zero-order valence-electron chi connectivity index (χ0n) is 19.7. The minimum absolute atomic E-state index is 0.00387. The van der Waals surface area contributed by atoms with Crippen LogP contribution >= 0.6 is 0 Å². The van der Waals surface area contributed by atoms with E-state index in [-0.39, 0.29) is 49.1 Å². The zero-order valence-corrected chi connectivity index (χ0v) is 19.7. The third kappa shape index (κ3) is 5.60. The second-order valence-corrected chi connectivity index (χ2v) is 9.71. The van der Waals surface area contributed by atoms with Crippen LogP contribution in [0.25, 0.3) is 0 Å². The van der Waals surface area contributed by atoms with Gasteiger partial charge in [0.25, 0.3) is 0 Å². The fourth-order valence-electron chi connectivity index (χ4n) is 5.52. The lowest BCUT2D eigenvalue weighted by atomic mass is 9.84. The molecular weight excluding hydrogens is 446 g/mol. The Balaban J connectivity index is 1.24. The van der Waals surface area contributed by atoms with E-state index in [1.54, 1.807) is 6.07 Å². The Morgan fingerprint density at radius 2 is 1.74 bits per heavy atom. The summed E-state index contributed by atoms with van der Waals surface area (Å²) in [6.45, 7) is -0.180. The van der Waals surface area contributed by atoms with E-state index in [0.717, 1.165) is 37.0 Å². The van der Waals surface area contributed by atoms with E-state index in [0.29, 0.717) is 17.8 Å². The summed E-state index contributed by atoms with van der Waals surface area (Å²) in [6.07, 6.45) is 5.39. The lowest BCUT2D eigenvalue weighted by Gasteiger charge is -2.37. The second kappa shape index (κ2) is 10.7. The van der Waals surface area contributed by atoms with Gasteiger partial charge in [-0.1, -0.05) is 37.5 Å². The number of hydrogen-bond donors (Lipinski definition) is 4. The first-order chi connectivity index (χ1) is 17.1.